The molecule has 0 radical (unpaired) electrons. The predicted molar refractivity (Wildman–Crippen MR) is 93.1 cm³/mol. The van der Waals surface area contributed by atoms with Crippen molar-refractivity contribution in [2.75, 3.05) is 26.7 Å². The molecule has 5 nitrogen and oxygen atoms in total. The largest absolute Gasteiger partial charge is 0.358 e. The van der Waals surface area contributed by atoms with E-state index in [1.165, 1.54) is 0 Å². The number of amides is 1. The second-order valence-electron chi connectivity index (χ2n) is 6.83. The van der Waals surface area contributed by atoms with Crippen molar-refractivity contribution in [2.45, 2.75) is 45.2 Å². The predicted octanol–water partition coefficient (Wildman–Crippen LogP) is 1.97. The molecule has 1 amide bonds. The van der Waals surface area contributed by atoms with Crippen molar-refractivity contribution < 1.29 is 4.79 Å². The number of hydrogen-bond donors (Lipinski definition) is 2. The summed E-state index contributed by atoms with van der Waals surface area (Å²) < 4.78 is 0. The third-order valence-electron chi connectivity index (χ3n) is 4.42. The van der Waals surface area contributed by atoms with Crippen molar-refractivity contribution in [3.05, 3.63) is 30.1 Å². The number of pyridine rings is 1. The molecule has 1 saturated heterocycles. The van der Waals surface area contributed by atoms with E-state index in [1.807, 2.05) is 12.3 Å². The Labute approximate surface area is 139 Å². The summed E-state index contributed by atoms with van der Waals surface area (Å²) in [5.41, 5.74) is 1.13. The maximum Gasteiger partial charge on any atom is 0.233 e. The third-order valence-corrected chi connectivity index (χ3v) is 4.42. The Hall–Kier alpha value is -1.46. The normalized spacial score (nSPS) is 18.1. The second kappa shape index (κ2) is 8.99. The maximum atomic E-state index is 11.5. The average Bonchev–Trinajstić information content (AvgIpc) is 2.56. The van der Waals surface area contributed by atoms with Crippen LogP contribution in [0.15, 0.2) is 24.4 Å². The maximum absolute atomic E-state index is 11.5. The SMILES string of the molecule is CNC(=O)CN1CCC(N[C@@H](CC(C)C)c2ccccn2)CC1. The zero-order chi connectivity index (χ0) is 16.7. The van der Waals surface area contributed by atoms with Gasteiger partial charge in [-0.25, -0.2) is 0 Å². The van der Waals surface area contributed by atoms with Crippen LogP contribution in [0.4, 0.5) is 0 Å². The Kier molecular flexibility index (Phi) is 6.99. The summed E-state index contributed by atoms with van der Waals surface area (Å²) in [6, 6.07) is 6.95. The highest BCUT2D eigenvalue weighted by molar-refractivity contribution is 5.77. The fraction of sp³-hybridized carbons (Fsp3) is 0.667. The summed E-state index contributed by atoms with van der Waals surface area (Å²) in [6.45, 7) is 6.97. The molecule has 2 N–H and O–H groups in total. The number of aromatic nitrogens is 1. The first kappa shape index (κ1) is 17.9. The second-order valence-corrected chi connectivity index (χ2v) is 6.83. The van der Waals surface area contributed by atoms with E-state index in [2.05, 4.69) is 46.5 Å². The Morgan fingerprint density at radius 1 is 1.35 bits per heavy atom. The average molecular weight is 318 g/mol. The van der Waals surface area contributed by atoms with Gasteiger partial charge in [-0.1, -0.05) is 19.9 Å². The van der Waals surface area contributed by atoms with Crippen LogP contribution in [0.2, 0.25) is 0 Å². The van der Waals surface area contributed by atoms with Crippen LogP contribution in [0.5, 0.6) is 0 Å². The molecule has 0 bridgehead atoms. The lowest BCUT2D eigenvalue weighted by molar-refractivity contribution is -0.122. The van der Waals surface area contributed by atoms with Gasteiger partial charge in [-0.3, -0.25) is 14.7 Å². The lowest BCUT2D eigenvalue weighted by Gasteiger charge is -2.34. The van der Waals surface area contributed by atoms with Gasteiger partial charge in [0.1, 0.15) is 0 Å². The summed E-state index contributed by atoms with van der Waals surface area (Å²) in [5.74, 6) is 0.727. The smallest absolute Gasteiger partial charge is 0.233 e. The van der Waals surface area contributed by atoms with E-state index in [4.69, 9.17) is 0 Å². The molecule has 2 rings (SSSR count). The van der Waals surface area contributed by atoms with Crippen molar-refractivity contribution >= 4 is 5.91 Å². The molecule has 0 saturated carbocycles. The number of hydrogen-bond acceptors (Lipinski definition) is 4. The number of likely N-dealkylation sites (N-methyl/N-ethyl adjacent to an activating group) is 1. The van der Waals surface area contributed by atoms with Crippen LogP contribution in [0, 0.1) is 5.92 Å². The summed E-state index contributed by atoms with van der Waals surface area (Å²) in [6.07, 6.45) is 5.13. The van der Waals surface area contributed by atoms with Gasteiger partial charge in [-0.05, 0) is 37.3 Å². The molecule has 1 aliphatic rings. The molecule has 0 aromatic carbocycles. The molecule has 128 valence electrons. The van der Waals surface area contributed by atoms with Crippen LogP contribution in [-0.4, -0.2) is 48.5 Å². The summed E-state index contributed by atoms with van der Waals surface area (Å²) in [7, 11) is 1.69. The van der Waals surface area contributed by atoms with Crippen LogP contribution in [0.1, 0.15) is 44.8 Å². The summed E-state index contributed by atoms with van der Waals surface area (Å²) >= 11 is 0. The van der Waals surface area contributed by atoms with E-state index >= 15 is 0 Å². The van der Waals surface area contributed by atoms with E-state index in [9.17, 15) is 4.79 Å². The number of carbonyl (C=O) groups excluding carboxylic acids is 1. The Morgan fingerprint density at radius 3 is 2.65 bits per heavy atom. The van der Waals surface area contributed by atoms with E-state index in [0.29, 0.717) is 24.5 Å². The molecule has 1 fully saturated rings. The molecular weight excluding hydrogens is 288 g/mol. The highest BCUT2D eigenvalue weighted by Gasteiger charge is 2.24. The zero-order valence-corrected chi connectivity index (χ0v) is 14.6. The van der Waals surface area contributed by atoms with Crippen LogP contribution in [0.25, 0.3) is 0 Å². The number of likely N-dealkylation sites (tertiary alicyclic amines) is 1. The van der Waals surface area contributed by atoms with Crippen LogP contribution < -0.4 is 10.6 Å². The molecule has 2 heterocycles. The van der Waals surface area contributed by atoms with Gasteiger partial charge in [-0.15, -0.1) is 0 Å². The molecule has 0 unspecified atom stereocenters. The van der Waals surface area contributed by atoms with Crippen molar-refractivity contribution in [1.82, 2.24) is 20.5 Å². The fourth-order valence-electron chi connectivity index (χ4n) is 3.15. The molecule has 1 atom stereocenters. The Morgan fingerprint density at radius 2 is 2.09 bits per heavy atom. The lowest BCUT2D eigenvalue weighted by atomic mass is 9.97. The van der Waals surface area contributed by atoms with E-state index < -0.39 is 0 Å². The standard InChI is InChI=1S/C18H30N4O/c1-14(2)12-17(16-6-4-5-9-20-16)21-15-7-10-22(11-8-15)13-18(23)19-3/h4-6,9,14-15,17,21H,7-8,10-13H2,1-3H3,(H,19,23)/t17-/m0/s1. The highest BCUT2D eigenvalue weighted by atomic mass is 16.1. The van der Waals surface area contributed by atoms with E-state index in [1.54, 1.807) is 7.05 Å². The minimum Gasteiger partial charge on any atom is -0.358 e. The molecule has 23 heavy (non-hydrogen) atoms. The third kappa shape index (κ3) is 5.92. The van der Waals surface area contributed by atoms with Gasteiger partial charge in [0, 0.05) is 38.4 Å². The topological polar surface area (TPSA) is 57.3 Å². The van der Waals surface area contributed by atoms with E-state index in [-0.39, 0.29) is 5.91 Å². The number of carbonyl (C=O) groups is 1. The summed E-state index contributed by atoms with van der Waals surface area (Å²) in [5, 5.41) is 6.50. The number of piperidine rings is 1. The summed E-state index contributed by atoms with van der Waals surface area (Å²) in [4.78, 5) is 18.2. The Bertz CT molecular complexity index is 469. The van der Waals surface area contributed by atoms with Gasteiger partial charge < -0.3 is 10.6 Å². The van der Waals surface area contributed by atoms with E-state index in [0.717, 1.165) is 38.0 Å². The monoisotopic (exact) mass is 318 g/mol. The lowest BCUT2D eigenvalue weighted by Crippen LogP contribution is -2.46. The minimum atomic E-state index is 0.0996. The van der Waals surface area contributed by atoms with Crippen molar-refractivity contribution in [3.63, 3.8) is 0 Å². The number of rotatable bonds is 7. The van der Waals surface area contributed by atoms with Crippen molar-refractivity contribution in [3.8, 4) is 0 Å². The minimum absolute atomic E-state index is 0.0996. The molecule has 1 aliphatic heterocycles. The van der Waals surface area contributed by atoms with Crippen LogP contribution in [-0.2, 0) is 4.79 Å². The van der Waals surface area contributed by atoms with Gasteiger partial charge in [0.05, 0.1) is 12.2 Å². The first-order valence-corrected chi connectivity index (χ1v) is 8.68. The van der Waals surface area contributed by atoms with Crippen LogP contribution >= 0.6 is 0 Å². The first-order valence-electron chi connectivity index (χ1n) is 8.68. The van der Waals surface area contributed by atoms with Crippen molar-refractivity contribution in [2.24, 2.45) is 5.92 Å². The molecular formula is C18H30N4O. The van der Waals surface area contributed by atoms with Crippen molar-refractivity contribution in [1.29, 1.82) is 0 Å². The number of nitrogens with one attached hydrogen (secondary N) is 2. The molecule has 5 heteroatoms. The molecule has 0 spiro atoms. The Balaban J connectivity index is 1.88. The fourth-order valence-corrected chi connectivity index (χ4v) is 3.15. The van der Waals surface area contributed by atoms with Gasteiger partial charge in [0.25, 0.3) is 0 Å². The van der Waals surface area contributed by atoms with Gasteiger partial charge in [-0.2, -0.15) is 0 Å². The number of nitrogens with zero attached hydrogens (tertiary/aromatic N) is 2. The first-order chi connectivity index (χ1) is 11.1. The van der Waals surface area contributed by atoms with Crippen LogP contribution in [0.3, 0.4) is 0 Å². The van der Waals surface area contributed by atoms with Gasteiger partial charge in [0.2, 0.25) is 5.91 Å². The highest BCUT2D eigenvalue weighted by Crippen LogP contribution is 2.22. The molecule has 0 aliphatic carbocycles. The quantitative estimate of drug-likeness (QED) is 0.807. The van der Waals surface area contributed by atoms with Gasteiger partial charge in [0.15, 0.2) is 0 Å². The molecule has 1 aromatic rings. The molecule has 1 aromatic heterocycles. The zero-order valence-electron chi connectivity index (χ0n) is 14.6. The van der Waals surface area contributed by atoms with Gasteiger partial charge >= 0.3 is 0 Å².